The van der Waals surface area contributed by atoms with Crippen molar-refractivity contribution in [2.24, 2.45) is 0 Å². The van der Waals surface area contributed by atoms with E-state index < -0.39 is 0 Å². The summed E-state index contributed by atoms with van der Waals surface area (Å²) in [6.07, 6.45) is 10.6. The molecule has 0 saturated heterocycles. The van der Waals surface area contributed by atoms with Gasteiger partial charge in [0.25, 0.3) is 0 Å². The summed E-state index contributed by atoms with van der Waals surface area (Å²) in [5, 5.41) is 0. The molecule has 0 N–H and O–H groups in total. The summed E-state index contributed by atoms with van der Waals surface area (Å²) in [6, 6.07) is 7.25. The van der Waals surface area contributed by atoms with E-state index in [0.29, 0.717) is 6.04 Å². The van der Waals surface area contributed by atoms with Gasteiger partial charge in [-0.05, 0) is 49.5 Å². The lowest BCUT2D eigenvalue weighted by atomic mass is 9.97. The molecule has 1 nitrogen and oxygen atoms in total. The third-order valence-electron chi connectivity index (χ3n) is 4.19. The first-order valence-electron chi connectivity index (χ1n) is 7.57. The summed E-state index contributed by atoms with van der Waals surface area (Å²) in [7, 11) is 0. The highest BCUT2D eigenvalue weighted by atomic mass is 15.2. The molecule has 0 aliphatic carbocycles. The quantitative estimate of drug-likeness (QED) is 0.679. The smallest absolute Gasteiger partial charge is 0.0408 e. The van der Waals surface area contributed by atoms with Crippen molar-refractivity contribution in [1.29, 1.82) is 0 Å². The third kappa shape index (κ3) is 2.72. The summed E-state index contributed by atoms with van der Waals surface area (Å²) in [4.78, 5) is 2.54. The molecule has 1 unspecified atom stereocenters. The van der Waals surface area contributed by atoms with Gasteiger partial charge in [-0.25, -0.2) is 0 Å². The third-order valence-corrected chi connectivity index (χ3v) is 4.19. The maximum absolute atomic E-state index is 3.97. The van der Waals surface area contributed by atoms with Crippen LogP contribution in [0.3, 0.4) is 0 Å². The predicted octanol–water partition coefficient (Wildman–Crippen LogP) is 4.99. The molecule has 1 heterocycles. The topological polar surface area (TPSA) is 3.24 Å². The molecule has 2 rings (SSSR count). The van der Waals surface area contributed by atoms with E-state index in [1.165, 1.54) is 28.8 Å². The molecule has 0 aromatic heterocycles. The van der Waals surface area contributed by atoms with Crippen molar-refractivity contribution >= 4 is 11.3 Å². The van der Waals surface area contributed by atoms with E-state index in [4.69, 9.17) is 0 Å². The molecule has 1 aliphatic rings. The Balaban J connectivity index is 2.44. The Morgan fingerprint density at radius 1 is 1.45 bits per heavy atom. The van der Waals surface area contributed by atoms with E-state index in [0.717, 1.165) is 13.0 Å². The standard InChI is InChI=1S/C19H25N/c1-5-8-10-16(7-3)17-11-9-12-19-18(17)13-14-20(19)15(4)6-2/h5,7-12,15H,3,6,13-14H2,1-2,4H3/b8-5-,16-10+. The second kappa shape index (κ2) is 6.60. The van der Waals surface area contributed by atoms with Crippen LogP contribution in [-0.4, -0.2) is 12.6 Å². The maximum Gasteiger partial charge on any atom is 0.0408 e. The van der Waals surface area contributed by atoms with Crippen LogP contribution in [0.15, 0.2) is 49.1 Å². The van der Waals surface area contributed by atoms with Gasteiger partial charge in [0.15, 0.2) is 0 Å². The van der Waals surface area contributed by atoms with Gasteiger partial charge in [0.05, 0.1) is 0 Å². The molecule has 1 aromatic carbocycles. The van der Waals surface area contributed by atoms with Crippen molar-refractivity contribution in [3.63, 3.8) is 0 Å². The fourth-order valence-electron chi connectivity index (χ4n) is 2.88. The zero-order chi connectivity index (χ0) is 14.5. The van der Waals surface area contributed by atoms with E-state index in [1.54, 1.807) is 0 Å². The van der Waals surface area contributed by atoms with Crippen molar-refractivity contribution in [2.75, 3.05) is 11.4 Å². The van der Waals surface area contributed by atoms with E-state index >= 15 is 0 Å². The zero-order valence-corrected chi connectivity index (χ0v) is 12.9. The molecule has 0 radical (unpaired) electrons. The van der Waals surface area contributed by atoms with Crippen molar-refractivity contribution in [2.45, 2.75) is 39.7 Å². The monoisotopic (exact) mass is 267 g/mol. The molecule has 0 saturated carbocycles. The van der Waals surface area contributed by atoms with Crippen LogP contribution in [0.4, 0.5) is 5.69 Å². The lowest BCUT2D eigenvalue weighted by Crippen LogP contribution is -2.30. The van der Waals surface area contributed by atoms with E-state index in [-0.39, 0.29) is 0 Å². The van der Waals surface area contributed by atoms with Crippen molar-refractivity contribution in [3.05, 3.63) is 60.2 Å². The number of nitrogens with zero attached hydrogens (tertiary/aromatic N) is 1. The minimum atomic E-state index is 0.609. The van der Waals surface area contributed by atoms with Crippen LogP contribution >= 0.6 is 0 Å². The Labute approximate surface area is 123 Å². The van der Waals surface area contributed by atoms with Gasteiger partial charge in [-0.3, -0.25) is 0 Å². The average molecular weight is 267 g/mol. The first-order chi connectivity index (χ1) is 9.72. The SMILES string of the molecule is C=C/C(=C\C=C/C)c1cccc2c1CCN2C(C)CC. The molecule has 0 bridgehead atoms. The normalized spacial score (nSPS) is 16.6. The van der Waals surface area contributed by atoms with E-state index in [9.17, 15) is 0 Å². The molecular formula is C19H25N. The van der Waals surface area contributed by atoms with E-state index in [1.807, 2.05) is 13.0 Å². The molecule has 0 amide bonds. The number of hydrogen-bond donors (Lipinski definition) is 0. The Morgan fingerprint density at radius 2 is 2.25 bits per heavy atom. The van der Waals surface area contributed by atoms with Crippen molar-refractivity contribution in [1.82, 2.24) is 0 Å². The molecular weight excluding hydrogens is 242 g/mol. The Morgan fingerprint density at radius 3 is 2.90 bits per heavy atom. The minimum Gasteiger partial charge on any atom is -0.368 e. The maximum atomic E-state index is 3.97. The van der Waals surface area contributed by atoms with Crippen LogP contribution in [0.5, 0.6) is 0 Å². The molecule has 0 fully saturated rings. The van der Waals surface area contributed by atoms with Crippen LogP contribution in [0.2, 0.25) is 0 Å². The summed E-state index contributed by atoms with van der Waals surface area (Å²) in [5.41, 5.74) is 5.43. The summed E-state index contributed by atoms with van der Waals surface area (Å²) in [5.74, 6) is 0. The van der Waals surface area contributed by atoms with Gasteiger partial charge < -0.3 is 4.90 Å². The molecule has 1 heteroatoms. The van der Waals surface area contributed by atoms with Gasteiger partial charge in [0.1, 0.15) is 0 Å². The lowest BCUT2D eigenvalue weighted by molar-refractivity contribution is 0.635. The average Bonchev–Trinajstić information content (AvgIpc) is 2.91. The molecule has 20 heavy (non-hydrogen) atoms. The number of fused-ring (bicyclic) bond motifs is 1. The number of benzene rings is 1. The highest BCUT2D eigenvalue weighted by Gasteiger charge is 2.24. The number of rotatable bonds is 5. The van der Waals surface area contributed by atoms with Gasteiger partial charge in [-0.15, -0.1) is 0 Å². The zero-order valence-electron chi connectivity index (χ0n) is 12.9. The predicted molar refractivity (Wildman–Crippen MR) is 90.2 cm³/mol. The van der Waals surface area contributed by atoms with Crippen LogP contribution in [0.1, 0.15) is 38.3 Å². The lowest BCUT2D eigenvalue weighted by Gasteiger charge is -2.26. The van der Waals surface area contributed by atoms with Crippen molar-refractivity contribution in [3.8, 4) is 0 Å². The Bertz CT molecular complexity index is 537. The van der Waals surface area contributed by atoms with Gasteiger partial charge >= 0.3 is 0 Å². The molecule has 106 valence electrons. The van der Waals surface area contributed by atoms with Gasteiger partial charge in [0.2, 0.25) is 0 Å². The highest BCUT2D eigenvalue weighted by Crippen LogP contribution is 2.35. The van der Waals surface area contributed by atoms with Crippen LogP contribution in [0, 0.1) is 0 Å². The van der Waals surface area contributed by atoms with Crippen LogP contribution in [-0.2, 0) is 6.42 Å². The number of allylic oxidation sites excluding steroid dienone is 5. The van der Waals surface area contributed by atoms with Crippen LogP contribution < -0.4 is 4.90 Å². The first-order valence-corrected chi connectivity index (χ1v) is 7.57. The number of anilines is 1. The van der Waals surface area contributed by atoms with Crippen molar-refractivity contribution < 1.29 is 0 Å². The molecule has 1 atom stereocenters. The Hall–Kier alpha value is -1.76. The Kier molecular flexibility index (Phi) is 4.84. The molecule has 0 spiro atoms. The van der Waals surface area contributed by atoms with Crippen LogP contribution in [0.25, 0.3) is 5.57 Å². The van der Waals surface area contributed by atoms with E-state index in [2.05, 4.69) is 61.8 Å². The van der Waals surface area contributed by atoms with Gasteiger partial charge in [-0.1, -0.05) is 49.9 Å². The second-order valence-electron chi connectivity index (χ2n) is 5.36. The fraction of sp³-hybridized carbons (Fsp3) is 0.368. The fourth-order valence-corrected chi connectivity index (χ4v) is 2.88. The number of hydrogen-bond acceptors (Lipinski definition) is 1. The minimum absolute atomic E-state index is 0.609. The second-order valence-corrected chi connectivity index (χ2v) is 5.36. The summed E-state index contributed by atoms with van der Waals surface area (Å²) < 4.78 is 0. The molecule has 1 aromatic rings. The summed E-state index contributed by atoms with van der Waals surface area (Å²) >= 11 is 0. The summed E-state index contributed by atoms with van der Waals surface area (Å²) in [6.45, 7) is 11.7. The first kappa shape index (κ1) is 14.6. The largest absolute Gasteiger partial charge is 0.368 e. The van der Waals surface area contributed by atoms with Gasteiger partial charge in [0, 0.05) is 18.3 Å². The highest BCUT2D eigenvalue weighted by molar-refractivity contribution is 5.81. The molecule has 1 aliphatic heterocycles. The van der Waals surface area contributed by atoms with Gasteiger partial charge in [-0.2, -0.15) is 0 Å².